The highest BCUT2D eigenvalue weighted by molar-refractivity contribution is 5.90. The molecule has 31 heavy (non-hydrogen) atoms. The van der Waals surface area contributed by atoms with Gasteiger partial charge in [-0.3, -0.25) is 0 Å². The number of urea groups is 1. The lowest BCUT2D eigenvalue weighted by molar-refractivity contribution is 0.208. The van der Waals surface area contributed by atoms with E-state index in [1.807, 2.05) is 62.4 Å². The van der Waals surface area contributed by atoms with Gasteiger partial charge in [-0.05, 0) is 49.7 Å². The molecule has 158 valence electrons. The molecule has 7 heteroatoms. The van der Waals surface area contributed by atoms with Crippen LogP contribution in [0.2, 0.25) is 0 Å². The first-order valence-electron chi connectivity index (χ1n) is 10.4. The first-order valence-corrected chi connectivity index (χ1v) is 10.4. The number of nitrogens with zero attached hydrogens (tertiary/aromatic N) is 4. The van der Waals surface area contributed by atoms with Crippen LogP contribution < -0.4 is 15.0 Å². The summed E-state index contributed by atoms with van der Waals surface area (Å²) in [5.41, 5.74) is 3.20. The Labute approximate surface area is 181 Å². The van der Waals surface area contributed by atoms with Crippen molar-refractivity contribution < 1.29 is 9.53 Å². The molecule has 7 nitrogen and oxygen atoms in total. The summed E-state index contributed by atoms with van der Waals surface area (Å²) in [6.07, 6.45) is 0. The van der Waals surface area contributed by atoms with Gasteiger partial charge in [-0.15, -0.1) is 0 Å². The van der Waals surface area contributed by atoms with Gasteiger partial charge in [0.05, 0.1) is 17.7 Å². The molecule has 2 heterocycles. The predicted octanol–water partition coefficient (Wildman–Crippen LogP) is 4.17. The number of carbonyl (C=O) groups excluding carboxylic acids is 1. The summed E-state index contributed by atoms with van der Waals surface area (Å²) >= 11 is 0. The Balaban J connectivity index is 1.48. The Morgan fingerprint density at radius 2 is 1.94 bits per heavy atom. The molecule has 1 fully saturated rings. The molecule has 4 rings (SSSR count). The Morgan fingerprint density at radius 1 is 1.16 bits per heavy atom. The van der Waals surface area contributed by atoms with Crippen molar-refractivity contribution in [1.29, 1.82) is 5.26 Å². The van der Waals surface area contributed by atoms with Gasteiger partial charge in [-0.1, -0.05) is 18.2 Å². The van der Waals surface area contributed by atoms with Crippen molar-refractivity contribution in [2.24, 2.45) is 0 Å². The van der Waals surface area contributed by atoms with Gasteiger partial charge in [0.1, 0.15) is 17.6 Å². The molecule has 0 unspecified atom stereocenters. The summed E-state index contributed by atoms with van der Waals surface area (Å²) in [6, 6.07) is 17.5. The number of fused-ring (bicyclic) bond motifs is 1. The minimum absolute atomic E-state index is 0.107. The Morgan fingerprint density at radius 3 is 2.65 bits per heavy atom. The number of rotatable bonds is 4. The van der Waals surface area contributed by atoms with Gasteiger partial charge < -0.3 is 19.9 Å². The van der Waals surface area contributed by atoms with Crippen LogP contribution in [-0.2, 0) is 0 Å². The number of benzene rings is 2. The summed E-state index contributed by atoms with van der Waals surface area (Å²) < 4.78 is 5.55. The number of para-hydroxylation sites is 1. The van der Waals surface area contributed by atoms with E-state index < -0.39 is 0 Å². The number of aryl methyl sites for hydroxylation is 1. The Hall–Kier alpha value is -3.79. The number of nitrogens with one attached hydrogen (secondary N) is 1. The molecule has 2 aromatic carbocycles. The zero-order valence-corrected chi connectivity index (χ0v) is 17.8. The van der Waals surface area contributed by atoms with Crippen LogP contribution in [0.25, 0.3) is 10.9 Å². The maximum atomic E-state index is 12.7. The topological polar surface area (TPSA) is 81.5 Å². The minimum atomic E-state index is -0.107. The lowest BCUT2D eigenvalue weighted by Gasteiger charge is -2.35. The van der Waals surface area contributed by atoms with E-state index in [1.165, 1.54) is 0 Å². The van der Waals surface area contributed by atoms with Crippen LogP contribution in [-0.4, -0.2) is 48.7 Å². The molecule has 0 aliphatic carbocycles. The van der Waals surface area contributed by atoms with Crippen LogP contribution in [0.5, 0.6) is 5.75 Å². The molecule has 1 aliphatic heterocycles. The van der Waals surface area contributed by atoms with Crippen LogP contribution in [0, 0.1) is 18.3 Å². The molecule has 3 aromatic rings. The Bertz CT molecular complexity index is 1150. The summed E-state index contributed by atoms with van der Waals surface area (Å²) in [5, 5.41) is 13.6. The van der Waals surface area contributed by atoms with Crippen LogP contribution in [0.3, 0.4) is 0 Å². The van der Waals surface area contributed by atoms with Crippen LogP contribution >= 0.6 is 0 Å². The van der Waals surface area contributed by atoms with E-state index in [0.717, 1.165) is 27.9 Å². The van der Waals surface area contributed by atoms with Crippen LogP contribution in [0.15, 0.2) is 48.5 Å². The number of pyridine rings is 1. The van der Waals surface area contributed by atoms with Gasteiger partial charge in [0.2, 0.25) is 0 Å². The van der Waals surface area contributed by atoms with Gasteiger partial charge in [0.15, 0.2) is 0 Å². The molecule has 0 atom stereocenters. The van der Waals surface area contributed by atoms with E-state index in [1.54, 1.807) is 4.90 Å². The quantitative estimate of drug-likeness (QED) is 0.692. The van der Waals surface area contributed by atoms with Gasteiger partial charge >= 0.3 is 6.03 Å². The number of piperazine rings is 1. The fraction of sp³-hybridized carbons (Fsp3) is 0.292. The summed E-state index contributed by atoms with van der Waals surface area (Å²) in [4.78, 5) is 21.3. The molecule has 1 saturated heterocycles. The monoisotopic (exact) mass is 415 g/mol. The van der Waals surface area contributed by atoms with Crippen LogP contribution in [0.4, 0.5) is 16.3 Å². The smallest absolute Gasteiger partial charge is 0.321 e. The van der Waals surface area contributed by atoms with Crippen molar-refractivity contribution in [3.05, 3.63) is 59.7 Å². The first kappa shape index (κ1) is 20.5. The van der Waals surface area contributed by atoms with E-state index >= 15 is 0 Å². The average Bonchev–Trinajstić information content (AvgIpc) is 2.80. The number of nitriles is 1. The van der Waals surface area contributed by atoms with E-state index in [-0.39, 0.29) is 6.03 Å². The number of aromatic nitrogens is 1. The zero-order valence-electron chi connectivity index (χ0n) is 17.8. The summed E-state index contributed by atoms with van der Waals surface area (Å²) in [5.74, 6) is 1.43. The molecular weight excluding hydrogens is 390 g/mol. The lowest BCUT2D eigenvalue weighted by Crippen LogP contribution is -2.50. The van der Waals surface area contributed by atoms with Crippen molar-refractivity contribution in [3.63, 3.8) is 0 Å². The molecule has 0 spiro atoms. The van der Waals surface area contributed by atoms with Crippen molar-refractivity contribution in [1.82, 2.24) is 9.88 Å². The molecule has 1 N–H and O–H groups in total. The van der Waals surface area contributed by atoms with Gasteiger partial charge in [0, 0.05) is 37.3 Å². The zero-order chi connectivity index (χ0) is 21.8. The second-order valence-corrected chi connectivity index (χ2v) is 7.48. The van der Waals surface area contributed by atoms with Gasteiger partial charge in [-0.2, -0.15) is 5.26 Å². The summed E-state index contributed by atoms with van der Waals surface area (Å²) in [6.45, 7) is 6.85. The highest BCUT2D eigenvalue weighted by Crippen LogP contribution is 2.27. The number of amides is 2. The average molecular weight is 415 g/mol. The maximum absolute atomic E-state index is 12.7. The van der Waals surface area contributed by atoms with Crippen molar-refractivity contribution in [3.8, 4) is 11.8 Å². The highest BCUT2D eigenvalue weighted by Gasteiger charge is 2.24. The highest BCUT2D eigenvalue weighted by atomic mass is 16.5. The lowest BCUT2D eigenvalue weighted by atomic mass is 10.1. The third-order valence-electron chi connectivity index (χ3n) is 5.45. The number of hydrogen-bond acceptors (Lipinski definition) is 5. The van der Waals surface area contributed by atoms with Gasteiger partial charge in [0.25, 0.3) is 0 Å². The van der Waals surface area contributed by atoms with E-state index in [4.69, 9.17) is 9.72 Å². The van der Waals surface area contributed by atoms with Gasteiger partial charge in [-0.25, -0.2) is 9.78 Å². The third-order valence-corrected chi connectivity index (χ3v) is 5.45. The molecule has 1 aromatic heterocycles. The third kappa shape index (κ3) is 4.38. The second kappa shape index (κ2) is 8.92. The second-order valence-electron chi connectivity index (χ2n) is 7.48. The maximum Gasteiger partial charge on any atom is 0.321 e. The summed E-state index contributed by atoms with van der Waals surface area (Å²) in [7, 11) is 0. The molecule has 0 saturated carbocycles. The molecule has 1 aliphatic rings. The van der Waals surface area contributed by atoms with Crippen LogP contribution in [0.1, 0.15) is 18.1 Å². The first-order chi connectivity index (χ1) is 15.1. The standard InChI is InChI=1S/C24H25N5O2/c1-3-31-20-8-9-22-18(15-20)14-19(16-25)23(26-22)28-10-12-29(13-11-28)24(30)27-21-7-5-4-6-17(21)2/h4-9,14-15H,3,10-13H2,1-2H3,(H,27,30). The minimum Gasteiger partial charge on any atom is -0.494 e. The molecule has 2 amide bonds. The number of anilines is 2. The van der Waals surface area contributed by atoms with E-state index in [2.05, 4.69) is 16.3 Å². The molecular formula is C24H25N5O2. The number of carbonyl (C=O) groups is 1. The van der Waals surface area contributed by atoms with Crippen molar-refractivity contribution in [2.75, 3.05) is 43.0 Å². The number of hydrogen-bond donors (Lipinski definition) is 1. The largest absolute Gasteiger partial charge is 0.494 e. The SMILES string of the molecule is CCOc1ccc2nc(N3CCN(C(=O)Nc4ccccc4C)CC3)c(C#N)cc2c1. The predicted molar refractivity (Wildman–Crippen MR) is 122 cm³/mol. The van der Waals surface area contributed by atoms with Crippen molar-refractivity contribution in [2.45, 2.75) is 13.8 Å². The molecule has 0 radical (unpaired) electrons. The van der Waals surface area contributed by atoms with E-state index in [9.17, 15) is 10.1 Å². The normalized spacial score (nSPS) is 13.7. The van der Waals surface area contributed by atoms with Crippen molar-refractivity contribution >= 4 is 28.4 Å². The Kier molecular flexibility index (Phi) is 5.89. The van der Waals surface area contributed by atoms with E-state index in [0.29, 0.717) is 44.2 Å². The fourth-order valence-corrected chi connectivity index (χ4v) is 3.75. The molecule has 0 bridgehead atoms. The fourth-order valence-electron chi connectivity index (χ4n) is 3.75. The number of ether oxygens (including phenoxy) is 1.